The largest absolute Gasteiger partial charge is 0.456 e. The third kappa shape index (κ3) is 4.58. The standard InChI is InChI=1S/C18H22BrNO/c1-4-9-20-12-15-7-6-14(3)18(11-15)21-17-8-5-13(2)10-16(17)19/h5-8,10-11,20H,4,9,12H2,1-3H3. The van der Waals surface area contributed by atoms with Crippen molar-refractivity contribution in [3.8, 4) is 11.5 Å². The molecule has 0 amide bonds. The number of rotatable bonds is 6. The first-order chi connectivity index (χ1) is 10.1. The fourth-order valence-corrected chi connectivity index (χ4v) is 2.66. The Bertz CT molecular complexity index is 610. The zero-order valence-corrected chi connectivity index (χ0v) is 14.5. The molecule has 0 aliphatic heterocycles. The van der Waals surface area contributed by atoms with Crippen LogP contribution in [0.1, 0.15) is 30.0 Å². The van der Waals surface area contributed by atoms with Gasteiger partial charge in [-0.2, -0.15) is 0 Å². The summed E-state index contributed by atoms with van der Waals surface area (Å²) in [6.07, 6.45) is 1.14. The molecule has 21 heavy (non-hydrogen) atoms. The van der Waals surface area contributed by atoms with Gasteiger partial charge >= 0.3 is 0 Å². The maximum Gasteiger partial charge on any atom is 0.141 e. The second-order valence-corrected chi connectivity index (χ2v) is 6.17. The van der Waals surface area contributed by atoms with E-state index in [4.69, 9.17) is 4.74 Å². The average Bonchev–Trinajstić information content (AvgIpc) is 2.45. The smallest absolute Gasteiger partial charge is 0.141 e. The summed E-state index contributed by atoms with van der Waals surface area (Å²) < 4.78 is 7.05. The lowest BCUT2D eigenvalue weighted by atomic mass is 10.1. The Balaban J connectivity index is 2.16. The normalized spacial score (nSPS) is 10.7. The van der Waals surface area contributed by atoms with Crippen molar-refractivity contribution in [1.82, 2.24) is 5.32 Å². The van der Waals surface area contributed by atoms with Gasteiger partial charge in [0.25, 0.3) is 0 Å². The lowest BCUT2D eigenvalue weighted by Gasteiger charge is -2.13. The highest BCUT2D eigenvalue weighted by Crippen LogP contribution is 2.32. The van der Waals surface area contributed by atoms with Crippen LogP contribution in [0.4, 0.5) is 0 Å². The zero-order valence-electron chi connectivity index (χ0n) is 12.9. The van der Waals surface area contributed by atoms with Crippen molar-refractivity contribution in [2.24, 2.45) is 0 Å². The summed E-state index contributed by atoms with van der Waals surface area (Å²) >= 11 is 3.56. The Morgan fingerprint density at radius 1 is 1.05 bits per heavy atom. The molecule has 0 aliphatic rings. The number of ether oxygens (including phenoxy) is 1. The van der Waals surface area contributed by atoms with Crippen molar-refractivity contribution in [2.75, 3.05) is 6.54 Å². The van der Waals surface area contributed by atoms with Gasteiger partial charge in [0.1, 0.15) is 11.5 Å². The second kappa shape index (κ2) is 7.62. The van der Waals surface area contributed by atoms with E-state index in [0.29, 0.717) is 0 Å². The van der Waals surface area contributed by atoms with Gasteiger partial charge in [0.15, 0.2) is 0 Å². The highest BCUT2D eigenvalue weighted by molar-refractivity contribution is 9.10. The van der Waals surface area contributed by atoms with Crippen LogP contribution in [0.3, 0.4) is 0 Å². The van der Waals surface area contributed by atoms with E-state index in [9.17, 15) is 0 Å². The molecule has 2 rings (SSSR count). The quantitative estimate of drug-likeness (QED) is 0.710. The predicted octanol–water partition coefficient (Wildman–Crippen LogP) is 5.36. The molecular formula is C18H22BrNO. The van der Waals surface area contributed by atoms with Crippen LogP contribution in [0, 0.1) is 13.8 Å². The molecule has 2 aromatic carbocycles. The molecule has 0 saturated heterocycles. The molecule has 0 atom stereocenters. The first-order valence-corrected chi connectivity index (χ1v) is 8.13. The summed E-state index contributed by atoms with van der Waals surface area (Å²) in [5, 5.41) is 3.42. The zero-order chi connectivity index (χ0) is 15.2. The Morgan fingerprint density at radius 2 is 1.86 bits per heavy atom. The average molecular weight is 348 g/mol. The third-order valence-electron chi connectivity index (χ3n) is 3.32. The minimum Gasteiger partial charge on any atom is -0.456 e. The Labute approximate surface area is 135 Å². The van der Waals surface area contributed by atoms with Crippen LogP contribution in [-0.4, -0.2) is 6.54 Å². The first kappa shape index (κ1) is 16.1. The number of benzene rings is 2. The highest BCUT2D eigenvalue weighted by atomic mass is 79.9. The van der Waals surface area contributed by atoms with Gasteiger partial charge in [0, 0.05) is 6.54 Å². The van der Waals surface area contributed by atoms with Crippen LogP contribution in [-0.2, 0) is 6.54 Å². The van der Waals surface area contributed by atoms with E-state index in [-0.39, 0.29) is 0 Å². The molecule has 0 spiro atoms. The van der Waals surface area contributed by atoms with Crippen LogP contribution in [0.2, 0.25) is 0 Å². The molecular weight excluding hydrogens is 326 g/mol. The topological polar surface area (TPSA) is 21.3 Å². The number of aryl methyl sites for hydroxylation is 2. The molecule has 0 unspecified atom stereocenters. The molecule has 0 saturated carbocycles. The lowest BCUT2D eigenvalue weighted by molar-refractivity contribution is 0.474. The van der Waals surface area contributed by atoms with Crippen LogP contribution in [0.15, 0.2) is 40.9 Å². The fraction of sp³-hybridized carbons (Fsp3) is 0.333. The maximum absolute atomic E-state index is 6.07. The molecule has 0 radical (unpaired) electrons. The molecule has 1 N–H and O–H groups in total. The molecule has 0 bridgehead atoms. The van der Waals surface area contributed by atoms with Gasteiger partial charge in [-0.3, -0.25) is 0 Å². The summed E-state index contributed by atoms with van der Waals surface area (Å²) in [5.74, 6) is 1.76. The second-order valence-electron chi connectivity index (χ2n) is 5.31. The molecule has 112 valence electrons. The summed E-state index contributed by atoms with van der Waals surface area (Å²) in [6.45, 7) is 8.22. The van der Waals surface area contributed by atoms with E-state index >= 15 is 0 Å². The first-order valence-electron chi connectivity index (χ1n) is 7.34. The van der Waals surface area contributed by atoms with E-state index in [0.717, 1.165) is 41.0 Å². The molecule has 0 aromatic heterocycles. The lowest BCUT2D eigenvalue weighted by Crippen LogP contribution is -2.13. The van der Waals surface area contributed by atoms with Gasteiger partial charge in [0.05, 0.1) is 4.47 Å². The van der Waals surface area contributed by atoms with Gasteiger partial charge in [-0.15, -0.1) is 0 Å². The molecule has 0 heterocycles. The minimum absolute atomic E-state index is 0.849. The van der Waals surface area contributed by atoms with Crippen molar-refractivity contribution < 1.29 is 4.74 Å². The number of hydrogen-bond acceptors (Lipinski definition) is 2. The van der Waals surface area contributed by atoms with Crippen molar-refractivity contribution >= 4 is 15.9 Å². The monoisotopic (exact) mass is 347 g/mol. The predicted molar refractivity (Wildman–Crippen MR) is 92.1 cm³/mol. The number of halogens is 1. The summed E-state index contributed by atoms with van der Waals surface area (Å²) in [6, 6.07) is 12.5. The number of nitrogens with one attached hydrogen (secondary N) is 1. The van der Waals surface area contributed by atoms with Crippen LogP contribution < -0.4 is 10.1 Å². The van der Waals surface area contributed by atoms with Gasteiger partial charge in [-0.25, -0.2) is 0 Å². The highest BCUT2D eigenvalue weighted by Gasteiger charge is 2.06. The molecule has 0 aliphatic carbocycles. The van der Waals surface area contributed by atoms with Crippen molar-refractivity contribution in [3.63, 3.8) is 0 Å². The van der Waals surface area contributed by atoms with Crippen LogP contribution in [0.5, 0.6) is 11.5 Å². The summed E-state index contributed by atoms with van der Waals surface area (Å²) in [5.41, 5.74) is 3.59. The Hall–Kier alpha value is -1.32. The van der Waals surface area contributed by atoms with Gasteiger partial charge in [0.2, 0.25) is 0 Å². The maximum atomic E-state index is 6.07. The van der Waals surface area contributed by atoms with E-state index in [1.807, 2.05) is 6.07 Å². The van der Waals surface area contributed by atoms with Crippen LogP contribution in [0.25, 0.3) is 0 Å². The fourth-order valence-electron chi connectivity index (χ4n) is 2.08. The van der Waals surface area contributed by atoms with Crippen molar-refractivity contribution in [2.45, 2.75) is 33.7 Å². The third-order valence-corrected chi connectivity index (χ3v) is 3.94. The summed E-state index contributed by atoms with van der Waals surface area (Å²) in [4.78, 5) is 0. The van der Waals surface area contributed by atoms with E-state index < -0.39 is 0 Å². The Kier molecular flexibility index (Phi) is 5.83. The van der Waals surface area contributed by atoms with Crippen molar-refractivity contribution in [3.05, 3.63) is 57.6 Å². The molecule has 3 heteroatoms. The summed E-state index contributed by atoms with van der Waals surface area (Å²) in [7, 11) is 0. The Morgan fingerprint density at radius 3 is 2.57 bits per heavy atom. The van der Waals surface area contributed by atoms with E-state index in [1.54, 1.807) is 0 Å². The van der Waals surface area contributed by atoms with Gasteiger partial charge < -0.3 is 10.1 Å². The SMILES string of the molecule is CCCNCc1ccc(C)c(Oc2ccc(C)cc2Br)c1. The molecule has 2 nitrogen and oxygen atoms in total. The van der Waals surface area contributed by atoms with Crippen molar-refractivity contribution in [1.29, 1.82) is 0 Å². The van der Waals surface area contributed by atoms with E-state index in [2.05, 4.69) is 72.3 Å². The molecule has 2 aromatic rings. The van der Waals surface area contributed by atoms with Crippen LogP contribution >= 0.6 is 15.9 Å². The molecule has 0 fully saturated rings. The minimum atomic E-state index is 0.849. The van der Waals surface area contributed by atoms with E-state index in [1.165, 1.54) is 11.1 Å². The van der Waals surface area contributed by atoms with Gasteiger partial charge in [-0.1, -0.05) is 25.1 Å². The van der Waals surface area contributed by atoms with Gasteiger partial charge in [-0.05, 0) is 77.6 Å². The number of hydrogen-bond donors (Lipinski definition) is 1.